The molecular formula is C17H20N2O4S. The largest absolute Gasteiger partial charge is 0.481 e. The Morgan fingerprint density at radius 2 is 1.88 bits per heavy atom. The highest BCUT2D eigenvalue weighted by atomic mass is 32.1. The number of benzene rings is 1. The first-order valence-electron chi connectivity index (χ1n) is 7.40. The van der Waals surface area contributed by atoms with Crippen LogP contribution in [0.25, 0.3) is 0 Å². The third-order valence-electron chi connectivity index (χ3n) is 3.62. The van der Waals surface area contributed by atoms with Crippen LogP contribution in [0.15, 0.2) is 17.6 Å². The number of ether oxygens (including phenoxy) is 1. The van der Waals surface area contributed by atoms with Gasteiger partial charge in [0.15, 0.2) is 6.61 Å². The van der Waals surface area contributed by atoms with Gasteiger partial charge in [-0.25, -0.2) is 9.78 Å². The molecule has 7 heteroatoms. The molecule has 0 fully saturated rings. The maximum atomic E-state index is 12.6. The summed E-state index contributed by atoms with van der Waals surface area (Å²) in [5, 5.41) is 8.73. The highest BCUT2D eigenvalue weighted by molar-refractivity contribution is 7.09. The molecule has 1 aromatic heterocycles. The lowest BCUT2D eigenvalue weighted by Gasteiger charge is -2.18. The molecule has 2 rings (SSSR count). The van der Waals surface area contributed by atoms with Crippen LogP contribution in [0.5, 0.6) is 5.75 Å². The SMILES string of the molecule is Cc1cc(C(=O)N(C)Cc2scnc2C)cc(C)c1OCC(=O)O. The molecule has 1 N–H and O–H groups in total. The van der Waals surface area contributed by atoms with E-state index in [1.165, 1.54) is 11.3 Å². The zero-order valence-corrected chi connectivity index (χ0v) is 14.9. The lowest BCUT2D eigenvalue weighted by Crippen LogP contribution is -2.26. The van der Waals surface area contributed by atoms with Crippen molar-refractivity contribution in [1.29, 1.82) is 0 Å². The van der Waals surface area contributed by atoms with Crippen molar-refractivity contribution in [3.63, 3.8) is 0 Å². The zero-order valence-electron chi connectivity index (χ0n) is 14.1. The van der Waals surface area contributed by atoms with Gasteiger partial charge in [-0.1, -0.05) is 0 Å². The second-order valence-corrected chi connectivity index (χ2v) is 6.58. The van der Waals surface area contributed by atoms with Crippen LogP contribution in [-0.2, 0) is 11.3 Å². The molecule has 1 amide bonds. The van der Waals surface area contributed by atoms with Gasteiger partial charge in [0.2, 0.25) is 0 Å². The molecule has 0 spiro atoms. The predicted molar refractivity (Wildman–Crippen MR) is 91.7 cm³/mol. The number of thiazole rings is 1. The maximum Gasteiger partial charge on any atom is 0.341 e. The van der Waals surface area contributed by atoms with E-state index < -0.39 is 12.6 Å². The van der Waals surface area contributed by atoms with Gasteiger partial charge in [-0.05, 0) is 44.0 Å². The highest BCUT2D eigenvalue weighted by Gasteiger charge is 2.17. The van der Waals surface area contributed by atoms with Crippen molar-refractivity contribution in [3.05, 3.63) is 44.9 Å². The summed E-state index contributed by atoms with van der Waals surface area (Å²) in [5.41, 5.74) is 4.73. The number of rotatable bonds is 6. The Labute approximate surface area is 144 Å². The van der Waals surface area contributed by atoms with Gasteiger partial charge in [-0.2, -0.15) is 0 Å². The molecule has 0 aliphatic carbocycles. The molecule has 0 unspecified atom stereocenters. The molecule has 1 aromatic carbocycles. The first-order chi connectivity index (χ1) is 11.3. The van der Waals surface area contributed by atoms with Crippen LogP contribution in [-0.4, -0.2) is 40.5 Å². The number of carboxylic acid groups (broad SMARTS) is 1. The average molecular weight is 348 g/mol. The summed E-state index contributed by atoms with van der Waals surface area (Å²) >= 11 is 1.53. The van der Waals surface area contributed by atoms with Gasteiger partial charge in [-0.15, -0.1) is 11.3 Å². The smallest absolute Gasteiger partial charge is 0.341 e. The molecule has 0 saturated carbocycles. The van der Waals surface area contributed by atoms with E-state index >= 15 is 0 Å². The number of aliphatic carboxylic acids is 1. The van der Waals surface area contributed by atoms with Crippen molar-refractivity contribution in [2.75, 3.05) is 13.7 Å². The number of carboxylic acids is 1. The van der Waals surface area contributed by atoms with Crippen molar-refractivity contribution in [1.82, 2.24) is 9.88 Å². The first-order valence-corrected chi connectivity index (χ1v) is 8.27. The second-order valence-electron chi connectivity index (χ2n) is 5.64. The summed E-state index contributed by atoms with van der Waals surface area (Å²) in [5.74, 6) is -0.623. The van der Waals surface area contributed by atoms with Gasteiger partial charge in [0.25, 0.3) is 5.91 Å². The summed E-state index contributed by atoms with van der Waals surface area (Å²) in [4.78, 5) is 30.2. The van der Waals surface area contributed by atoms with E-state index in [4.69, 9.17) is 9.84 Å². The van der Waals surface area contributed by atoms with Crippen molar-refractivity contribution in [2.24, 2.45) is 0 Å². The first kappa shape index (κ1) is 17.9. The van der Waals surface area contributed by atoms with Crippen molar-refractivity contribution >= 4 is 23.2 Å². The molecular weight excluding hydrogens is 328 g/mol. The molecule has 0 bridgehead atoms. The fourth-order valence-electron chi connectivity index (χ4n) is 2.42. The Kier molecular flexibility index (Phi) is 5.56. The Morgan fingerprint density at radius 3 is 2.38 bits per heavy atom. The van der Waals surface area contributed by atoms with Crippen LogP contribution < -0.4 is 4.74 Å². The minimum Gasteiger partial charge on any atom is -0.481 e. The summed E-state index contributed by atoms with van der Waals surface area (Å²) in [6.45, 7) is 5.62. The van der Waals surface area contributed by atoms with Gasteiger partial charge >= 0.3 is 5.97 Å². The van der Waals surface area contributed by atoms with Crippen LogP contribution >= 0.6 is 11.3 Å². The predicted octanol–water partition coefficient (Wildman–Crippen LogP) is 2.80. The standard InChI is InChI=1S/C17H20N2O4S/c1-10-5-13(6-11(2)16(10)23-8-15(20)21)17(22)19(4)7-14-12(3)18-9-24-14/h5-6,9H,7-8H2,1-4H3,(H,20,21). The molecule has 0 aliphatic heterocycles. The Hall–Kier alpha value is -2.41. The number of amides is 1. The second kappa shape index (κ2) is 7.44. The molecule has 6 nitrogen and oxygen atoms in total. The fraction of sp³-hybridized carbons (Fsp3) is 0.353. The van der Waals surface area contributed by atoms with Gasteiger partial charge in [0.05, 0.1) is 17.7 Å². The number of hydrogen-bond acceptors (Lipinski definition) is 5. The van der Waals surface area contributed by atoms with E-state index in [-0.39, 0.29) is 5.91 Å². The van der Waals surface area contributed by atoms with Crippen LogP contribution in [0.2, 0.25) is 0 Å². The molecule has 0 saturated heterocycles. The van der Waals surface area contributed by atoms with Crippen molar-refractivity contribution in [2.45, 2.75) is 27.3 Å². The quantitative estimate of drug-likeness (QED) is 0.868. The molecule has 0 atom stereocenters. The number of hydrogen-bond donors (Lipinski definition) is 1. The third-order valence-corrected chi connectivity index (χ3v) is 4.54. The fourth-order valence-corrected chi connectivity index (χ4v) is 3.25. The van der Waals surface area contributed by atoms with Gasteiger partial charge in [-0.3, -0.25) is 4.79 Å². The minimum atomic E-state index is -1.03. The summed E-state index contributed by atoms with van der Waals surface area (Å²) in [6.07, 6.45) is 0. The number of aromatic nitrogens is 1. The Bertz CT molecular complexity index is 747. The van der Waals surface area contributed by atoms with Crippen LogP contribution in [0.4, 0.5) is 0 Å². The van der Waals surface area contributed by atoms with E-state index in [0.717, 1.165) is 21.7 Å². The Morgan fingerprint density at radius 1 is 1.25 bits per heavy atom. The molecule has 0 aliphatic rings. The van der Waals surface area contributed by atoms with Gasteiger partial charge in [0.1, 0.15) is 5.75 Å². The van der Waals surface area contributed by atoms with E-state index in [2.05, 4.69) is 4.98 Å². The molecule has 24 heavy (non-hydrogen) atoms. The topological polar surface area (TPSA) is 79.7 Å². The van der Waals surface area contributed by atoms with Crippen molar-refractivity contribution in [3.8, 4) is 5.75 Å². The van der Waals surface area contributed by atoms with Crippen molar-refractivity contribution < 1.29 is 19.4 Å². The zero-order chi connectivity index (χ0) is 17.9. The normalized spacial score (nSPS) is 10.5. The molecule has 128 valence electrons. The van der Waals surface area contributed by atoms with Crippen LogP contribution in [0.1, 0.15) is 32.1 Å². The number of carbonyl (C=O) groups excluding carboxylic acids is 1. The lowest BCUT2D eigenvalue weighted by molar-refractivity contribution is -0.139. The van der Waals surface area contributed by atoms with Gasteiger partial charge < -0.3 is 14.7 Å². The summed E-state index contributed by atoms with van der Waals surface area (Å²) < 4.78 is 5.29. The summed E-state index contributed by atoms with van der Waals surface area (Å²) in [6, 6.07) is 3.45. The molecule has 2 aromatic rings. The van der Waals surface area contributed by atoms with Crippen LogP contribution in [0, 0.1) is 20.8 Å². The molecule has 1 heterocycles. The highest BCUT2D eigenvalue weighted by Crippen LogP contribution is 2.26. The maximum absolute atomic E-state index is 12.6. The summed E-state index contributed by atoms with van der Waals surface area (Å²) in [7, 11) is 1.75. The minimum absolute atomic E-state index is 0.0983. The van der Waals surface area contributed by atoms with E-state index in [1.54, 1.807) is 43.4 Å². The lowest BCUT2D eigenvalue weighted by atomic mass is 10.0. The van der Waals surface area contributed by atoms with E-state index in [0.29, 0.717) is 17.9 Å². The number of aryl methyl sites for hydroxylation is 3. The third kappa shape index (κ3) is 4.11. The average Bonchev–Trinajstić information content (AvgIpc) is 2.90. The van der Waals surface area contributed by atoms with Gasteiger partial charge in [0, 0.05) is 17.5 Å². The number of nitrogens with zero attached hydrogens (tertiary/aromatic N) is 2. The Balaban J connectivity index is 2.17. The number of carbonyl (C=O) groups is 2. The monoisotopic (exact) mass is 348 g/mol. The molecule has 0 radical (unpaired) electrons. The van der Waals surface area contributed by atoms with E-state index in [9.17, 15) is 9.59 Å². The van der Waals surface area contributed by atoms with Crippen LogP contribution in [0.3, 0.4) is 0 Å². The van der Waals surface area contributed by atoms with E-state index in [1.807, 2.05) is 6.92 Å².